The van der Waals surface area contributed by atoms with Crippen LogP contribution in [-0.2, 0) is 6.42 Å². The summed E-state index contributed by atoms with van der Waals surface area (Å²) in [5, 5.41) is 0. The fourth-order valence-corrected chi connectivity index (χ4v) is 3.85. The molecule has 0 aromatic heterocycles. The van der Waals surface area contributed by atoms with E-state index in [-0.39, 0.29) is 5.54 Å². The van der Waals surface area contributed by atoms with Gasteiger partial charge in [-0.15, -0.1) is 0 Å². The first kappa shape index (κ1) is 16.5. The van der Waals surface area contributed by atoms with Crippen LogP contribution < -0.4 is 5.73 Å². The Labute approximate surface area is 130 Å². The first-order chi connectivity index (χ1) is 9.96. The third-order valence-corrected chi connectivity index (χ3v) is 5.53. The van der Waals surface area contributed by atoms with Crippen molar-refractivity contribution in [1.82, 2.24) is 4.90 Å². The smallest absolute Gasteiger partial charge is 0.0309 e. The molecule has 2 nitrogen and oxygen atoms in total. The first-order valence-corrected chi connectivity index (χ1v) is 8.47. The van der Waals surface area contributed by atoms with Crippen molar-refractivity contribution in [2.75, 3.05) is 13.1 Å². The Hall–Kier alpha value is -0.860. The van der Waals surface area contributed by atoms with Crippen molar-refractivity contribution in [3.05, 3.63) is 35.9 Å². The lowest BCUT2D eigenvalue weighted by Crippen LogP contribution is -2.60. The average molecular weight is 288 g/mol. The van der Waals surface area contributed by atoms with Gasteiger partial charge in [-0.05, 0) is 50.5 Å². The van der Waals surface area contributed by atoms with Crippen LogP contribution in [0.1, 0.15) is 46.1 Å². The van der Waals surface area contributed by atoms with E-state index in [1.54, 1.807) is 0 Å². The van der Waals surface area contributed by atoms with E-state index in [1.807, 2.05) is 0 Å². The van der Waals surface area contributed by atoms with Gasteiger partial charge in [0, 0.05) is 24.7 Å². The van der Waals surface area contributed by atoms with Gasteiger partial charge in [-0.3, -0.25) is 4.90 Å². The Balaban J connectivity index is 2.08. The summed E-state index contributed by atoms with van der Waals surface area (Å²) < 4.78 is 0. The van der Waals surface area contributed by atoms with Gasteiger partial charge in [0.2, 0.25) is 0 Å². The summed E-state index contributed by atoms with van der Waals surface area (Å²) in [4.78, 5) is 2.69. The molecule has 1 saturated heterocycles. The van der Waals surface area contributed by atoms with Crippen LogP contribution in [-0.4, -0.2) is 29.6 Å². The highest BCUT2D eigenvalue weighted by Gasteiger charge is 2.39. The maximum Gasteiger partial charge on any atom is 0.0309 e. The highest BCUT2D eigenvalue weighted by molar-refractivity contribution is 5.15. The van der Waals surface area contributed by atoms with Crippen LogP contribution >= 0.6 is 0 Å². The van der Waals surface area contributed by atoms with E-state index in [2.05, 4.69) is 62.9 Å². The fourth-order valence-electron chi connectivity index (χ4n) is 3.85. The summed E-state index contributed by atoms with van der Waals surface area (Å²) in [6, 6.07) is 11.4. The molecule has 1 heterocycles. The summed E-state index contributed by atoms with van der Waals surface area (Å²) in [5.41, 5.74) is 7.74. The monoisotopic (exact) mass is 288 g/mol. The first-order valence-electron chi connectivity index (χ1n) is 8.47. The van der Waals surface area contributed by atoms with E-state index in [9.17, 15) is 0 Å². The van der Waals surface area contributed by atoms with Gasteiger partial charge in [-0.25, -0.2) is 0 Å². The Morgan fingerprint density at radius 2 is 1.86 bits per heavy atom. The van der Waals surface area contributed by atoms with Crippen molar-refractivity contribution < 1.29 is 0 Å². The maximum atomic E-state index is 6.21. The van der Waals surface area contributed by atoms with Crippen molar-refractivity contribution in [3.63, 3.8) is 0 Å². The lowest BCUT2D eigenvalue weighted by molar-refractivity contribution is -0.0110. The number of nitrogens with zero attached hydrogens (tertiary/aromatic N) is 1. The molecule has 4 atom stereocenters. The molecule has 2 rings (SSSR count). The zero-order chi connectivity index (χ0) is 15.5. The molecule has 0 radical (unpaired) electrons. The number of nitrogens with two attached hydrogens (primary N) is 1. The molecule has 0 spiro atoms. The van der Waals surface area contributed by atoms with Gasteiger partial charge < -0.3 is 5.73 Å². The molecule has 1 aliphatic heterocycles. The number of benzene rings is 1. The van der Waals surface area contributed by atoms with E-state index in [0.717, 1.165) is 31.2 Å². The Morgan fingerprint density at radius 1 is 1.19 bits per heavy atom. The number of piperidine rings is 1. The van der Waals surface area contributed by atoms with Gasteiger partial charge in [0.1, 0.15) is 0 Å². The van der Waals surface area contributed by atoms with E-state index in [0.29, 0.717) is 6.04 Å². The Bertz CT molecular complexity index is 430. The second-order valence-corrected chi connectivity index (χ2v) is 7.40. The molecule has 0 aliphatic carbocycles. The van der Waals surface area contributed by atoms with E-state index >= 15 is 0 Å². The van der Waals surface area contributed by atoms with Crippen LogP contribution in [0, 0.1) is 11.8 Å². The molecule has 0 bridgehead atoms. The predicted molar refractivity (Wildman–Crippen MR) is 91.3 cm³/mol. The van der Waals surface area contributed by atoms with Gasteiger partial charge in [-0.2, -0.15) is 0 Å². The lowest BCUT2D eigenvalue weighted by Gasteiger charge is -2.51. The second-order valence-electron chi connectivity index (χ2n) is 7.40. The van der Waals surface area contributed by atoms with Crippen molar-refractivity contribution in [3.8, 4) is 0 Å². The van der Waals surface area contributed by atoms with Crippen molar-refractivity contribution in [2.45, 2.75) is 58.5 Å². The number of likely N-dealkylation sites (tertiary alicyclic amines) is 1. The summed E-state index contributed by atoms with van der Waals surface area (Å²) in [7, 11) is 0. The minimum atomic E-state index is 0.109. The fraction of sp³-hybridized carbons (Fsp3) is 0.684. The van der Waals surface area contributed by atoms with Gasteiger partial charge in [0.05, 0.1) is 0 Å². The van der Waals surface area contributed by atoms with Crippen LogP contribution in [0.5, 0.6) is 0 Å². The third kappa shape index (κ3) is 3.87. The van der Waals surface area contributed by atoms with E-state index in [1.165, 1.54) is 18.5 Å². The van der Waals surface area contributed by atoms with Crippen LogP contribution in [0.2, 0.25) is 0 Å². The molecule has 4 unspecified atom stereocenters. The summed E-state index contributed by atoms with van der Waals surface area (Å²) in [5.74, 6) is 1.54. The maximum absolute atomic E-state index is 6.21. The van der Waals surface area contributed by atoms with E-state index < -0.39 is 0 Å². The standard InChI is InChI=1S/C19H32N2/c1-15-12-16(2)17(3)21(13-15)19(4,14-20)11-10-18-8-6-5-7-9-18/h5-9,15-17H,10-14,20H2,1-4H3. The number of hydrogen-bond acceptors (Lipinski definition) is 2. The average Bonchev–Trinajstić information content (AvgIpc) is 2.49. The Morgan fingerprint density at radius 3 is 2.48 bits per heavy atom. The van der Waals surface area contributed by atoms with Gasteiger partial charge in [-0.1, -0.05) is 44.2 Å². The Kier molecular flexibility index (Phi) is 5.45. The topological polar surface area (TPSA) is 29.3 Å². The summed E-state index contributed by atoms with van der Waals surface area (Å²) >= 11 is 0. The summed E-state index contributed by atoms with van der Waals surface area (Å²) in [6.45, 7) is 11.4. The molecule has 1 aromatic rings. The number of rotatable bonds is 5. The largest absolute Gasteiger partial charge is 0.329 e. The molecule has 1 aliphatic rings. The highest BCUT2D eigenvalue weighted by Crippen LogP contribution is 2.34. The highest BCUT2D eigenvalue weighted by atomic mass is 15.2. The van der Waals surface area contributed by atoms with Gasteiger partial charge in [0.25, 0.3) is 0 Å². The molecule has 0 saturated carbocycles. The minimum Gasteiger partial charge on any atom is -0.329 e. The van der Waals surface area contributed by atoms with Gasteiger partial charge >= 0.3 is 0 Å². The van der Waals surface area contributed by atoms with Gasteiger partial charge in [0.15, 0.2) is 0 Å². The lowest BCUT2D eigenvalue weighted by atomic mass is 9.80. The van der Waals surface area contributed by atoms with Crippen LogP contribution in [0.25, 0.3) is 0 Å². The summed E-state index contributed by atoms with van der Waals surface area (Å²) in [6.07, 6.45) is 3.59. The van der Waals surface area contributed by atoms with Crippen molar-refractivity contribution in [2.24, 2.45) is 17.6 Å². The van der Waals surface area contributed by atoms with Crippen molar-refractivity contribution in [1.29, 1.82) is 0 Å². The quantitative estimate of drug-likeness (QED) is 0.895. The zero-order valence-electron chi connectivity index (χ0n) is 14.2. The SMILES string of the molecule is CC1CC(C)C(C)N(C(C)(CN)CCc2ccccc2)C1. The molecule has 0 amide bonds. The molecular formula is C19H32N2. The normalized spacial score (nSPS) is 30.0. The molecule has 1 aromatic carbocycles. The van der Waals surface area contributed by atoms with E-state index in [4.69, 9.17) is 5.73 Å². The molecule has 2 heteroatoms. The van der Waals surface area contributed by atoms with Crippen LogP contribution in [0.3, 0.4) is 0 Å². The molecule has 21 heavy (non-hydrogen) atoms. The number of aryl methyl sites for hydroxylation is 1. The van der Waals surface area contributed by atoms with Crippen molar-refractivity contribution >= 4 is 0 Å². The molecular weight excluding hydrogens is 256 g/mol. The third-order valence-electron chi connectivity index (χ3n) is 5.53. The molecule has 118 valence electrons. The zero-order valence-corrected chi connectivity index (χ0v) is 14.2. The molecule has 1 fully saturated rings. The second kappa shape index (κ2) is 6.93. The molecule has 2 N–H and O–H groups in total. The number of hydrogen-bond donors (Lipinski definition) is 1. The predicted octanol–water partition coefficient (Wildman–Crippen LogP) is 3.70. The van der Waals surface area contributed by atoms with Crippen LogP contribution in [0.15, 0.2) is 30.3 Å². The minimum absolute atomic E-state index is 0.109. The van der Waals surface area contributed by atoms with Crippen LogP contribution in [0.4, 0.5) is 0 Å².